The van der Waals surface area contributed by atoms with Crippen LogP contribution in [0.15, 0.2) is 24.9 Å². The van der Waals surface area contributed by atoms with E-state index < -0.39 is 0 Å². The minimum Gasteiger partial charge on any atom is -0.345 e. The fourth-order valence-electron chi connectivity index (χ4n) is 4.00. The largest absolute Gasteiger partial charge is 0.345 e. The third-order valence-electron chi connectivity index (χ3n) is 5.23. The Hall–Kier alpha value is -2.77. The van der Waals surface area contributed by atoms with Crippen LogP contribution in [0.4, 0.5) is 11.8 Å². The van der Waals surface area contributed by atoms with Crippen LogP contribution in [-0.4, -0.2) is 54.7 Å². The number of aryl methyl sites for hydroxylation is 2. The number of fused-ring (bicyclic) bond motifs is 3. The molecule has 0 radical (unpaired) electrons. The van der Waals surface area contributed by atoms with Gasteiger partial charge in [-0.25, -0.2) is 24.9 Å². The van der Waals surface area contributed by atoms with Crippen molar-refractivity contribution in [3.05, 3.63) is 30.6 Å². The molecule has 3 aliphatic rings. The average Bonchev–Trinajstić information content (AvgIpc) is 3.06. The van der Waals surface area contributed by atoms with Gasteiger partial charge in [-0.15, -0.1) is 0 Å². The van der Waals surface area contributed by atoms with Gasteiger partial charge >= 0.3 is 0 Å². The fraction of sp³-hybridized carbons (Fsp3) is 0.471. The molecule has 6 heterocycles. The van der Waals surface area contributed by atoms with Crippen molar-refractivity contribution in [1.82, 2.24) is 29.5 Å². The molecule has 0 N–H and O–H groups in total. The predicted molar refractivity (Wildman–Crippen MR) is 94.7 cm³/mol. The van der Waals surface area contributed by atoms with Crippen molar-refractivity contribution in [1.29, 1.82) is 0 Å². The third kappa shape index (κ3) is 2.16. The molecule has 8 nitrogen and oxygen atoms in total. The summed E-state index contributed by atoms with van der Waals surface area (Å²) >= 11 is 0. The maximum absolute atomic E-state index is 4.57. The summed E-state index contributed by atoms with van der Waals surface area (Å²) in [6.45, 7) is 6.79. The molecule has 128 valence electrons. The number of aromatic nitrogens is 6. The smallest absolute Gasteiger partial charge is 0.225 e. The lowest BCUT2D eigenvalue weighted by molar-refractivity contribution is 0.287. The van der Waals surface area contributed by atoms with Gasteiger partial charge in [0.15, 0.2) is 17.0 Å². The van der Waals surface area contributed by atoms with Gasteiger partial charge in [0.1, 0.15) is 6.33 Å². The molecule has 3 aromatic rings. The number of piperazine rings is 1. The molecule has 8 heteroatoms. The van der Waals surface area contributed by atoms with Crippen LogP contribution in [0.25, 0.3) is 11.2 Å². The number of hydrogen-bond acceptors (Lipinski definition) is 7. The van der Waals surface area contributed by atoms with Crippen LogP contribution >= 0.6 is 0 Å². The molecule has 6 rings (SSSR count). The first-order valence-corrected chi connectivity index (χ1v) is 8.73. The van der Waals surface area contributed by atoms with Gasteiger partial charge in [0.2, 0.25) is 5.95 Å². The topological polar surface area (TPSA) is 75.9 Å². The molecule has 0 spiro atoms. The van der Waals surface area contributed by atoms with Crippen molar-refractivity contribution < 1.29 is 0 Å². The summed E-state index contributed by atoms with van der Waals surface area (Å²) in [5.41, 5.74) is 2.82. The quantitative estimate of drug-likeness (QED) is 0.716. The molecule has 2 unspecified atom stereocenters. The Bertz CT molecular complexity index is 923. The summed E-state index contributed by atoms with van der Waals surface area (Å²) in [5, 5.41) is 0. The summed E-state index contributed by atoms with van der Waals surface area (Å²) in [5.74, 6) is 1.79. The maximum Gasteiger partial charge on any atom is 0.225 e. The third-order valence-corrected chi connectivity index (χ3v) is 5.23. The molecule has 3 saturated heterocycles. The summed E-state index contributed by atoms with van der Waals surface area (Å²) in [6, 6.07) is 2.78. The highest BCUT2D eigenvalue weighted by Gasteiger charge is 2.46. The molecule has 25 heavy (non-hydrogen) atoms. The maximum atomic E-state index is 4.57. The van der Waals surface area contributed by atoms with Crippen LogP contribution in [0.3, 0.4) is 0 Å². The Morgan fingerprint density at radius 1 is 1.12 bits per heavy atom. The number of imidazole rings is 1. The fourth-order valence-corrected chi connectivity index (χ4v) is 4.00. The molecular weight excluding hydrogens is 316 g/mol. The van der Waals surface area contributed by atoms with Crippen molar-refractivity contribution in [3.63, 3.8) is 0 Å². The van der Waals surface area contributed by atoms with Crippen LogP contribution in [-0.2, 0) is 6.54 Å². The lowest BCUT2D eigenvalue weighted by Crippen LogP contribution is -2.69. The minimum atomic E-state index is 0.424. The Balaban J connectivity index is 1.44. The second kappa shape index (κ2) is 5.37. The van der Waals surface area contributed by atoms with E-state index in [0.29, 0.717) is 12.1 Å². The predicted octanol–water partition coefficient (Wildman–Crippen LogP) is 1.41. The van der Waals surface area contributed by atoms with Crippen LogP contribution in [0.1, 0.15) is 19.0 Å². The van der Waals surface area contributed by atoms with Crippen LogP contribution in [0, 0.1) is 6.92 Å². The van der Waals surface area contributed by atoms with Crippen LogP contribution in [0.5, 0.6) is 0 Å². The molecule has 3 aliphatic heterocycles. The first-order chi connectivity index (χ1) is 12.2. The van der Waals surface area contributed by atoms with Gasteiger partial charge in [-0.3, -0.25) is 0 Å². The van der Waals surface area contributed by atoms with E-state index in [1.807, 2.05) is 25.5 Å². The van der Waals surface area contributed by atoms with E-state index >= 15 is 0 Å². The molecular formula is C17H20N8. The van der Waals surface area contributed by atoms with Crippen molar-refractivity contribution in [2.75, 3.05) is 22.9 Å². The molecule has 0 aromatic carbocycles. The van der Waals surface area contributed by atoms with Gasteiger partial charge in [-0.05, 0) is 26.3 Å². The van der Waals surface area contributed by atoms with E-state index in [1.54, 1.807) is 6.33 Å². The highest BCUT2D eigenvalue weighted by Crippen LogP contribution is 2.39. The van der Waals surface area contributed by atoms with Gasteiger partial charge in [-0.2, -0.15) is 0 Å². The normalized spacial score (nSPS) is 22.3. The zero-order chi connectivity index (χ0) is 17.0. The Morgan fingerprint density at radius 2 is 1.96 bits per heavy atom. The van der Waals surface area contributed by atoms with Crippen molar-refractivity contribution in [2.45, 2.75) is 38.9 Å². The lowest BCUT2D eigenvalue weighted by atomic mass is 9.87. The van der Waals surface area contributed by atoms with Gasteiger partial charge in [0.25, 0.3) is 0 Å². The number of rotatable bonds is 3. The molecule has 2 atom stereocenters. The van der Waals surface area contributed by atoms with Crippen LogP contribution in [0.2, 0.25) is 0 Å². The number of anilines is 2. The Labute approximate surface area is 145 Å². The summed E-state index contributed by atoms with van der Waals surface area (Å²) < 4.78 is 2.06. The van der Waals surface area contributed by atoms with Gasteiger partial charge in [0, 0.05) is 31.5 Å². The highest BCUT2D eigenvalue weighted by atomic mass is 15.4. The lowest BCUT2D eigenvalue weighted by Gasteiger charge is -2.56. The standard InChI is InChI=1S/C17H20N8/c1-3-23-10-21-14-15(23)19-9-20-16(14)25-12-6-13(25)8-24(7-12)17-18-5-4-11(2)22-17/h4-5,9-10,12-13H,3,6-8H2,1-2H3. The van der Waals surface area contributed by atoms with E-state index in [-0.39, 0.29) is 0 Å². The van der Waals surface area contributed by atoms with Crippen molar-refractivity contribution >= 4 is 22.9 Å². The first-order valence-electron chi connectivity index (χ1n) is 8.73. The average molecular weight is 336 g/mol. The molecule has 3 aromatic heterocycles. The highest BCUT2D eigenvalue weighted by molar-refractivity contribution is 5.84. The minimum absolute atomic E-state index is 0.424. The number of nitrogens with zero attached hydrogens (tertiary/aromatic N) is 8. The molecule has 0 amide bonds. The van der Waals surface area contributed by atoms with E-state index in [9.17, 15) is 0 Å². The molecule has 0 saturated carbocycles. The van der Waals surface area contributed by atoms with Gasteiger partial charge in [0.05, 0.1) is 18.4 Å². The Morgan fingerprint density at radius 3 is 2.72 bits per heavy atom. The van der Waals surface area contributed by atoms with Crippen molar-refractivity contribution in [3.8, 4) is 0 Å². The summed E-state index contributed by atoms with van der Waals surface area (Å²) in [7, 11) is 0. The van der Waals surface area contributed by atoms with E-state index in [4.69, 9.17) is 0 Å². The monoisotopic (exact) mass is 336 g/mol. The molecule has 2 bridgehead atoms. The van der Waals surface area contributed by atoms with Crippen molar-refractivity contribution in [2.24, 2.45) is 0 Å². The zero-order valence-corrected chi connectivity index (χ0v) is 14.4. The SMILES string of the molecule is CCn1cnc2c(N3C4CC3CN(c3nccc(C)n3)C4)ncnc21. The van der Waals surface area contributed by atoms with E-state index in [1.165, 1.54) is 6.42 Å². The van der Waals surface area contributed by atoms with Gasteiger partial charge < -0.3 is 14.4 Å². The first kappa shape index (κ1) is 14.6. The Kier molecular flexibility index (Phi) is 3.13. The number of piperidine rings is 1. The van der Waals surface area contributed by atoms with E-state index in [2.05, 4.69) is 46.2 Å². The van der Waals surface area contributed by atoms with Crippen LogP contribution < -0.4 is 9.80 Å². The second-order valence-electron chi connectivity index (χ2n) is 6.75. The van der Waals surface area contributed by atoms with Gasteiger partial charge in [-0.1, -0.05) is 0 Å². The zero-order valence-electron chi connectivity index (χ0n) is 14.4. The molecule has 0 aliphatic carbocycles. The van der Waals surface area contributed by atoms with E-state index in [0.717, 1.165) is 48.3 Å². The molecule has 3 fully saturated rings. The second-order valence-corrected chi connectivity index (χ2v) is 6.75. The number of hydrogen-bond donors (Lipinski definition) is 0. The summed E-state index contributed by atoms with van der Waals surface area (Å²) in [4.78, 5) is 27.2. The summed E-state index contributed by atoms with van der Waals surface area (Å²) in [6.07, 6.45) is 6.52.